The molecule has 1 N–H and O–H groups in total. The zero-order chi connectivity index (χ0) is 19.9. The van der Waals surface area contributed by atoms with E-state index in [1.165, 1.54) is 12.8 Å². The summed E-state index contributed by atoms with van der Waals surface area (Å²) in [5, 5.41) is 0. The van der Waals surface area contributed by atoms with E-state index in [0.717, 1.165) is 36.0 Å². The molecule has 2 aromatic rings. The average molecular weight is 390 g/mol. The number of unbranched alkanes of at least 4 members (excludes halogenated alkanes) is 1. The van der Waals surface area contributed by atoms with Crippen LogP contribution in [0.4, 0.5) is 0 Å². The van der Waals surface area contributed by atoms with Gasteiger partial charge in [-0.2, -0.15) is 0 Å². The predicted molar refractivity (Wildman–Crippen MR) is 110 cm³/mol. The Morgan fingerprint density at radius 2 is 1.70 bits per heavy atom. The summed E-state index contributed by atoms with van der Waals surface area (Å²) in [5.41, 5.74) is 2.58. The normalized spacial score (nSPS) is 14.4. The van der Waals surface area contributed by atoms with E-state index >= 15 is 0 Å². The third kappa shape index (κ3) is 6.41. The maximum atomic E-state index is 12.6. The largest absolute Gasteiger partial charge is 0.584 e. The molecule has 5 heteroatoms. The lowest BCUT2D eigenvalue weighted by Crippen LogP contribution is -2.08. The van der Waals surface area contributed by atoms with E-state index in [4.69, 9.17) is 9.05 Å². The Kier molecular flexibility index (Phi) is 7.94. The van der Waals surface area contributed by atoms with Crippen molar-refractivity contribution in [3.05, 3.63) is 59.2 Å². The zero-order valence-corrected chi connectivity index (χ0v) is 17.7. The van der Waals surface area contributed by atoms with Crippen molar-refractivity contribution in [2.75, 3.05) is 0 Å². The quantitative estimate of drug-likeness (QED) is 0.463. The first-order valence-corrected chi connectivity index (χ1v) is 11.2. The predicted octanol–water partition coefficient (Wildman–Crippen LogP) is 6.62. The Labute approximate surface area is 163 Å². The number of hydrogen-bond donors (Lipinski definition) is 1. The number of rotatable bonds is 10. The Balaban J connectivity index is 2.22. The molecule has 0 heterocycles. The summed E-state index contributed by atoms with van der Waals surface area (Å²) in [7, 11) is -4.29. The number of hydrogen-bond acceptors (Lipinski definition) is 3. The molecule has 2 rings (SSSR count). The lowest BCUT2D eigenvalue weighted by atomic mass is 9.91. The fraction of sp³-hybridized carbons (Fsp3) is 0.455. The first-order chi connectivity index (χ1) is 12.9. The molecule has 0 aliphatic rings. The molecule has 0 saturated heterocycles. The molecule has 0 saturated carbocycles. The van der Waals surface area contributed by atoms with Crippen LogP contribution in [0.25, 0.3) is 0 Å². The molecule has 0 spiro atoms. The Morgan fingerprint density at radius 3 is 2.37 bits per heavy atom. The van der Waals surface area contributed by atoms with E-state index < -0.39 is 7.82 Å². The van der Waals surface area contributed by atoms with Crippen LogP contribution in [0.2, 0.25) is 0 Å². The van der Waals surface area contributed by atoms with Gasteiger partial charge in [0, 0.05) is 0 Å². The minimum Gasteiger partial charge on any atom is -0.395 e. The standard InChI is InChI=1S/C22H31O4P/c1-5-7-13-19(6-2)16-20-14-10-12-18(4)22(20)26-27(23,24)25-21-15-9-8-11-17(21)3/h8-12,14-15,19H,5-7,13,16H2,1-4H3,(H,23,24). The smallest absolute Gasteiger partial charge is 0.395 e. The van der Waals surface area contributed by atoms with Crippen LogP contribution in [0.15, 0.2) is 42.5 Å². The topological polar surface area (TPSA) is 55.8 Å². The van der Waals surface area contributed by atoms with Crippen molar-refractivity contribution in [3.63, 3.8) is 0 Å². The molecule has 2 atom stereocenters. The Morgan fingerprint density at radius 1 is 1.00 bits per heavy atom. The van der Waals surface area contributed by atoms with Gasteiger partial charge >= 0.3 is 7.82 Å². The number of phosphoric acid groups is 1. The highest BCUT2D eigenvalue weighted by Crippen LogP contribution is 2.47. The van der Waals surface area contributed by atoms with Crippen molar-refractivity contribution in [1.82, 2.24) is 0 Å². The fourth-order valence-electron chi connectivity index (χ4n) is 3.18. The minimum absolute atomic E-state index is 0.354. The summed E-state index contributed by atoms with van der Waals surface area (Å²) in [6.45, 7) is 8.10. The molecular formula is C22H31O4P. The highest BCUT2D eigenvalue weighted by Gasteiger charge is 2.28. The monoisotopic (exact) mass is 390 g/mol. The Hall–Kier alpha value is -1.77. The third-order valence-corrected chi connectivity index (χ3v) is 5.70. The molecule has 148 valence electrons. The van der Waals surface area contributed by atoms with E-state index in [1.54, 1.807) is 12.1 Å². The van der Waals surface area contributed by atoms with Gasteiger partial charge in [-0.1, -0.05) is 75.9 Å². The Bertz CT molecular complexity index is 788. The summed E-state index contributed by atoms with van der Waals surface area (Å²) in [6, 6.07) is 12.9. The third-order valence-electron chi connectivity index (χ3n) is 4.86. The molecular weight excluding hydrogens is 359 g/mol. The van der Waals surface area contributed by atoms with Gasteiger partial charge in [-0.3, -0.25) is 4.89 Å². The van der Waals surface area contributed by atoms with Gasteiger partial charge in [-0.05, 0) is 48.9 Å². The summed E-state index contributed by atoms with van der Waals surface area (Å²) in [6.07, 6.45) is 5.41. The van der Waals surface area contributed by atoms with Gasteiger partial charge < -0.3 is 9.05 Å². The van der Waals surface area contributed by atoms with Crippen LogP contribution in [0, 0.1) is 19.8 Å². The second kappa shape index (κ2) is 9.96. The van der Waals surface area contributed by atoms with E-state index in [2.05, 4.69) is 13.8 Å². The number of phosphoric ester groups is 1. The molecule has 0 aliphatic heterocycles. The molecule has 2 aromatic carbocycles. The van der Waals surface area contributed by atoms with Crippen molar-refractivity contribution in [1.29, 1.82) is 0 Å². The maximum Gasteiger partial charge on any atom is 0.584 e. The van der Waals surface area contributed by atoms with Crippen LogP contribution in [-0.2, 0) is 11.0 Å². The van der Waals surface area contributed by atoms with Crippen molar-refractivity contribution in [3.8, 4) is 11.5 Å². The lowest BCUT2D eigenvalue weighted by Gasteiger charge is -2.21. The molecule has 4 nitrogen and oxygen atoms in total. The van der Waals surface area contributed by atoms with Crippen LogP contribution in [0.5, 0.6) is 11.5 Å². The van der Waals surface area contributed by atoms with Gasteiger partial charge in [0.2, 0.25) is 0 Å². The van der Waals surface area contributed by atoms with E-state index in [-0.39, 0.29) is 0 Å². The van der Waals surface area contributed by atoms with Crippen molar-refractivity contribution in [2.24, 2.45) is 5.92 Å². The highest BCUT2D eigenvalue weighted by molar-refractivity contribution is 7.48. The highest BCUT2D eigenvalue weighted by atomic mass is 31.2. The van der Waals surface area contributed by atoms with Crippen LogP contribution in [0.1, 0.15) is 56.2 Å². The SMILES string of the molecule is CCCCC(CC)Cc1cccc(C)c1OP(=O)(O)Oc1ccccc1C. The van der Waals surface area contributed by atoms with Crippen molar-refractivity contribution in [2.45, 2.75) is 59.8 Å². The molecule has 0 aromatic heterocycles. The summed E-state index contributed by atoms with van der Waals surface area (Å²) in [5.74, 6) is 1.35. The number of para-hydroxylation sites is 2. The van der Waals surface area contributed by atoms with Gasteiger partial charge in [0.15, 0.2) is 0 Å². The molecule has 27 heavy (non-hydrogen) atoms. The van der Waals surface area contributed by atoms with Crippen LogP contribution in [-0.4, -0.2) is 4.89 Å². The number of benzene rings is 2. The van der Waals surface area contributed by atoms with Gasteiger partial charge in [0.05, 0.1) is 0 Å². The summed E-state index contributed by atoms with van der Waals surface area (Å²) in [4.78, 5) is 10.3. The van der Waals surface area contributed by atoms with Crippen LogP contribution >= 0.6 is 7.82 Å². The van der Waals surface area contributed by atoms with Crippen LogP contribution in [0.3, 0.4) is 0 Å². The first-order valence-electron chi connectivity index (χ1n) is 9.72. The van der Waals surface area contributed by atoms with E-state index in [1.807, 2.05) is 44.2 Å². The lowest BCUT2D eigenvalue weighted by molar-refractivity contribution is 0.287. The average Bonchev–Trinajstić information content (AvgIpc) is 2.63. The molecule has 0 amide bonds. The van der Waals surface area contributed by atoms with Crippen molar-refractivity contribution >= 4 is 7.82 Å². The number of aryl methyl sites for hydroxylation is 2. The van der Waals surface area contributed by atoms with Crippen LogP contribution < -0.4 is 9.05 Å². The summed E-state index contributed by atoms with van der Waals surface area (Å²) < 4.78 is 23.5. The fourth-order valence-corrected chi connectivity index (χ4v) is 4.16. The van der Waals surface area contributed by atoms with Gasteiger partial charge in [-0.25, -0.2) is 4.57 Å². The van der Waals surface area contributed by atoms with E-state index in [0.29, 0.717) is 17.4 Å². The second-order valence-corrected chi connectivity index (χ2v) is 8.40. The first kappa shape index (κ1) is 21.5. The van der Waals surface area contributed by atoms with Gasteiger partial charge in [0.25, 0.3) is 0 Å². The summed E-state index contributed by atoms with van der Waals surface area (Å²) >= 11 is 0. The van der Waals surface area contributed by atoms with Crippen molar-refractivity contribution < 1.29 is 18.5 Å². The van der Waals surface area contributed by atoms with Gasteiger partial charge in [0.1, 0.15) is 11.5 Å². The molecule has 2 unspecified atom stereocenters. The molecule has 0 aliphatic carbocycles. The van der Waals surface area contributed by atoms with E-state index in [9.17, 15) is 9.46 Å². The van der Waals surface area contributed by atoms with Gasteiger partial charge in [-0.15, -0.1) is 0 Å². The molecule has 0 fully saturated rings. The maximum absolute atomic E-state index is 12.6. The molecule has 0 bridgehead atoms. The molecule has 0 radical (unpaired) electrons. The minimum atomic E-state index is -4.29. The zero-order valence-electron chi connectivity index (χ0n) is 16.8. The second-order valence-electron chi connectivity index (χ2n) is 7.10.